The van der Waals surface area contributed by atoms with E-state index in [2.05, 4.69) is 5.32 Å². The summed E-state index contributed by atoms with van der Waals surface area (Å²) in [6.07, 6.45) is -5.07. The third-order valence-corrected chi connectivity index (χ3v) is 3.08. The van der Waals surface area contributed by atoms with Gasteiger partial charge in [-0.15, -0.1) is 0 Å². The summed E-state index contributed by atoms with van der Waals surface area (Å²) in [5.74, 6) is 0. The van der Waals surface area contributed by atoms with Crippen molar-refractivity contribution >= 4 is 0 Å². The second kappa shape index (κ2) is 7.44. The fourth-order valence-electron chi connectivity index (χ4n) is 1.82. The molecule has 126 valence electrons. The summed E-state index contributed by atoms with van der Waals surface area (Å²) in [5.41, 5.74) is -0.484. The van der Waals surface area contributed by atoms with E-state index in [0.717, 1.165) is 12.1 Å². The molecule has 0 fully saturated rings. The second-order valence-electron chi connectivity index (χ2n) is 6.33. The van der Waals surface area contributed by atoms with Gasteiger partial charge in [-0.05, 0) is 45.4 Å². The molecule has 0 aliphatic carbocycles. The van der Waals surface area contributed by atoms with Gasteiger partial charge in [0.05, 0.1) is 23.9 Å². The first-order chi connectivity index (χ1) is 9.99. The summed E-state index contributed by atoms with van der Waals surface area (Å²) in [4.78, 5) is 0. The highest BCUT2D eigenvalue weighted by molar-refractivity contribution is 5.27. The van der Waals surface area contributed by atoms with Crippen LogP contribution >= 0.6 is 0 Å². The first kappa shape index (κ1) is 18.9. The summed E-state index contributed by atoms with van der Waals surface area (Å²) < 4.78 is 43.5. The molecule has 2 N–H and O–H groups in total. The standard InChI is InChI=1S/C16H24F3NO2/c1-11(20-9-14(21)10-22-15(2,3)4)12-6-5-7-13(8-12)16(17,18)19/h5-8,11,14,20-21H,9-10H2,1-4H3. The Morgan fingerprint density at radius 1 is 1.23 bits per heavy atom. The van der Waals surface area contributed by atoms with Crippen molar-refractivity contribution in [3.8, 4) is 0 Å². The van der Waals surface area contributed by atoms with Crippen LogP contribution in [0.2, 0.25) is 0 Å². The van der Waals surface area contributed by atoms with E-state index in [1.165, 1.54) is 6.07 Å². The van der Waals surface area contributed by atoms with Crippen molar-refractivity contribution in [2.24, 2.45) is 0 Å². The minimum absolute atomic E-state index is 0.172. The van der Waals surface area contributed by atoms with Gasteiger partial charge in [-0.25, -0.2) is 0 Å². The lowest BCUT2D eigenvalue weighted by Gasteiger charge is -2.23. The normalized spacial score (nSPS) is 15.6. The number of alkyl halides is 3. The predicted octanol–water partition coefficient (Wildman–Crippen LogP) is 3.53. The van der Waals surface area contributed by atoms with E-state index in [1.807, 2.05) is 20.8 Å². The Kier molecular flexibility index (Phi) is 6.40. The highest BCUT2D eigenvalue weighted by Crippen LogP contribution is 2.30. The molecule has 2 unspecified atom stereocenters. The summed E-state index contributed by atoms with van der Waals surface area (Å²) in [6, 6.07) is 4.88. The lowest BCUT2D eigenvalue weighted by molar-refractivity contribution is -0.137. The molecule has 3 nitrogen and oxygen atoms in total. The van der Waals surface area contributed by atoms with Crippen molar-refractivity contribution in [3.05, 3.63) is 35.4 Å². The fourth-order valence-corrected chi connectivity index (χ4v) is 1.82. The topological polar surface area (TPSA) is 41.5 Å². The maximum Gasteiger partial charge on any atom is 0.416 e. The number of aliphatic hydroxyl groups excluding tert-OH is 1. The predicted molar refractivity (Wildman–Crippen MR) is 79.6 cm³/mol. The van der Waals surface area contributed by atoms with Crippen LogP contribution in [0.4, 0.5) is 13.2 Å². The monoisotopic (exact) mass is 319 g/mol. The van der Waals surface area contributed by atoms with Gasteiger partial charge in [0.1, 0.15) is 0 Å². The van der Waals surface area contributed by atoms with Gasteiger partial charge in [-0.3, -0.25) is 0 Å². The van der Waals surface area contributed by atoms with E-state index in [0.29, 0.717) is 5.56 Å². The molecule has 22 heavy (non-hydrogen) atoms. The first-order valence-electron chi connectivity index (χ1n) is 7.21. The van der Waals surface area contributed by atoms with Crippen LogP contribution in [0.1, 0.15) is 44.9 Å². The molecular weight excluding hydrogens is 295 g/mol. The van der Waals surface area contributed by atoms with Crippen LogP contribution in [0, 0.1) is 0 Å². The van der Waals surface area contributed by atoms with E-state index in [1.54, 1.807) is 13.0 Å². The zero-order valence-corrected chi connectivity index (χ0v) is 13.4. The Morgan fingerprint density at radius 3 is 2.41 bits per heavy atom. The molecule has 1 aromatic rings. The van der Waals surface area contributed by atoms with E-state index in [4.69, 9.17) is 4.74 Å². The molecule has 1 rings (SSSR count). The van der Waals surface area contributed by atoms with Crippen LogP contribution in [0.5, 0.6) is 0 Å². The number of aliphatic hydroxyl groups is 1. The largest absolute Gasteiger partial charge is 0.416 e. The van der Waals surface area contributed by atoms with Crippen molar-refractivity contribution in [1.82, 2.24) is 5.32 Å². The Balaban J connectivity index is 2.54. The van der Waals surface area contributed by atoms with E-state index < -0.39 is 17.8 Å². The van der Waals surface area contributed by atoms with Crippen molar-refractivity contribution < 1.29 is 23.0 Å². The van der Waals surface area contributed by atoms with Gasteiger partial charge < -0.3 is 15.2 Å². The van der Waals surface area contributed by atoms with Gasteiger partial charge in [0.2, 0.25) is 0 Å². The van der Waals surface area contributed by atoms with E-state index in [9.17, 15) is 18.3 Å². The molecule has 0 saturated heterocycles. The lowest BCUT2D eigenvalue weighted by Crippen LogP contribution is -2.34. The van der Waals surface area contributed by atoms with Gasteiger partial charge >= 0.3 is 6.18 Å². The van der Waals surface area contributed by atoms with Crippen molar-refractivity contribution in [2.45, 2.75) is 51.6 Å². The quantitative estimate of drug-likeness (QED) is 0.843. The van der Waals surface area contributed by atoms with Gasteiger partial charge in [0, 0.05) is 12.6 Å². The molecule has 6 heteroatoms. The van der Waals surface area contributed by atoms with Crippen LogP contribution < -0.4 is 5.32 Å². The molecule has 0 heterocycles. The average molecular weight is 319 g/mol. The maximum atomic E-state index is 12.7. The van der Waals surface area contributed by atoms with Gasteiger partial charge in [0.25, 0.3) is 0 Å². The molecule has 0 aliphatic heterocycles. The fraction of sp³-hybridized carbons (Fsp3) is 0.625. The number of nitrogens with one attached hydrogen (secondary N) is 1. The molecule has 0 saturated carbocycles. The molecule has 2 atom stereocenters. The molecule has 0 spiro atoms. The van der Waals surface area contributed by atoms with Crippen LogP contribution in [-0.2, 0) is 10.9 Å². The maximum absolute atomic E-state index is 12.7. The zero-order chi connectivity index (χ0) is 17.0. The number of rotatable bonds is 6. The van der Waals surface area contributed by atoms with E-state index in [-0.39, 0.29) is 24.8 Å². The highest BCUT2D eigenvalue weighted by atomic mass is 19.4. The molecule has 0 aliphatic rings. The van der Waals surface area contributed by atoms with Gasteiger partial charge in [-0.1, -0.05) is 12.1 Å². The summed E-state index contributed by atoms with van der Waals surface area (Å²) in [7, 11) is 0. The number of hydrogen-bond acceptors (Lipinski definition) is 3. The van der Waals surface area contributed by atoms with Crippen LogP contribution in [0.3, 0.4) is 0 Å². The SMILES string of the molecule is CC(NCC(O)COC(C)(C)C)c1cccc(C(F)(F)F)c1. The lowest BCUT2D eigenvalue weighted by atomic mass is 10.0. The minimum Gasteiger partial charge on any atom is -0.389 e. The van der Waals surface area contributed by atoms with Gasteiger partial charge in [0.15, 0.2) is 0 Å². The van der Waals surface area contributed by atoms with Crippen molar-refractivity contribution in [2.75, 3.05) is 13.2 Å². The molecule has 0 aromatic heterocycles. The Morgan fingerprint density at radius 2 is 1.86 bits per heavy atom. The first-order valence-corrected chi connectivity index (χ1v) is 7.21. The van der Waals surface area contributed by atoms with Gasteiger partial charge in [-0.2, -0.15) is 13.2 Å². The molecule has 0 bridgehead atoms. The molecule has 0 radical (unpaired) electrons. The second-order valence-corrected chi connectivity index (χ2v) is 6.33. The van der Waals surface area contributed by atoms with Crippen molar-refractivity contribution in [1.29, 1.82) is 0 Å². The summed E-state index contributed by atoms with van der Waals surface area (Å²) in [5, 5.41) is 12.8. The van der Waals surface area contributed by atoms with Crippen LogP contribution in [-0.4, -0.2) is 30.0 Å². The minimum atomic E-state index is -4.35. The smallest absolute Gasteiger partial charge is 0.389 e. The third kappa shape index (κ3) is 6.77. The van der Waals surface area contributed by atoms with Crippen LogP contribution in [0.15, 0.2) is 24.3 Å². The zero-order valence-electron chi connectivity index (χ0n) is 13.4. The Hall–Kier alpha value is -1.11. The van der Waals surface area contributed by atoms with Crippen LogP contribution in [0.25, 0.3) is 0 Å². The number of ether oxygens (including phenoxy) is 1. The molecule has 0 amide bonds. The Bertz CT molecular complexity index is 469. The summed E-state index contributed by atoms with van der Waals surface area (Å²) in [6.45, 7) is 7.83. The third-order valence-electron chi connectivity index (χ3n) is 3.08. The summed E-state index contributed by atoms with van der Waals surface area (Å²) >= 11 is 0. The Labute approximate surface area is 129 Å². The average Bonchev–Trinajstić information content (AvgIpc) is 2.41. The van der Waals surface area contributed by atoms with E-state index >= 15 is 0 Å². The number of hydrogen-bond donors (Lipinski definition) is 2. The highest BCUT2D eigenvalue weighted by Gasteiger charge is 2.30. The number of halogens is 3. The number of benzene rings is 1. The van der Waals surface area contributed by atoms with Crippen molar-refractivity contribution in [3.63, 3.8) is 0 Å². The molecule has 1 aromatic carbocycles. The molecular formula is C16H24F3NO2.